The third-order valence-corrected chi connectivity index (χ3v) is 3.27. The van der Waals surface area contributed by atoms with Gasteiger partial charge in [-0.1, -0.05) is 31.5 Å². The number of carbonyl (C=O) groups excluding carboxylic acids is 1. The molecule has 0 heterocycles. The van der Waals surface area contributed by atoms with Crippen LogP contribution in [0.15, 0.2) is 18.2 Å². The molecule has 106 valence electrons. The zero-order valence-corrected chi connectivity index (χ0v) is 12.1. The first-order valence-corrected chi connectivity index (χ1v) is 6.85. The van der Waals surface area contributed by atoms with Gasteiger partial charge in [0.25, 0.3) is 5.91 Å². The summed E-state index contributed by atoms with van der Waals surface area (Å²) < 4.78 is 5.50. The summed E-state index contributed by atoms with van der Waals surface area (Å²) in [5.41, 5.74) is 12.2. The number of carbonyl (C=O) groups is 1. The maximum Gasteiger partial charge on any atom is 0.258 e. The fourth-order valence-electron chi connectivity index (χ4n) is 1.71. The van der Waals surface area contributed by atoms with Gasteiger partial charge in [-0.05, 0) is 37.0 Å². The van der Waals surface area contributed by atoms with Gasteiger partial charge in [-0.2, -0.15) is 0 Å². The quantitative estimate of drug-likeness (QED) is 0.806. The van der Waals surface area contributed by atoms with Crippen molar-refractivity contribution >= 4 is 17.5 Å². The van der Waals surface area contributed by atoms with Crippen LogP contribution in [0.4, 0.5) is 0 Å². The van der Waals surface area contributed by atoms with E-state index in [0.29, 0.717) is 17.2 Å². The van der Waals surface area contributed by atoms with Gasteiger partial charge in [0, 0.05) is 6.04 Å². The van der Waals surface area contributed by atoms with E-state index in [0.717, 1.165) is 18.4 Å². The number of halogens is 1. The van der Waals surface area contributed by atoms with E-state index in [1.807, 2.05) is 26.0 Å². The molecular formula is C14H21ClN2O2. The largest absolute Gasteiger partial charge is 0.479 e. The van der Waals surface area contributed by atoms with Crippen LogP contribution in [0.5, 0.6) is 5.75 Å². The topological polar surface area (TPSA) is 78.3 Å². The summed E-state index contributed by atoms with van der Waals surface area (Å²) in [5, 5.41) is 0.473. The zero-order valence-electron chi connectivity index (χ0n) is 11.4. The standard InChI is InChI=1S/C14H21ClN2O2/c1-3-10(16)7-9-5-6-13(11(15)8-9)19-12(4-2)14(17)18/h5-6,8,10,12H,3-4,7,16H2,1-2H3,(H2,17,18). The highest BCUT2D eigenvalue weighted by Gasteiger charge is 2.16. The van der Waals surface area contributed by atoms with Crippen molar-refractivity contribution in [3.8, 4) is 5.75 Å². The highest BCUT2D eigenvalue weighted by Crippen LogP contribution is 2.27. The Balaban J connectivity index is 2.79. The van der Waals surface area contributed by atoms with Crippen LogP contribution in [-0.4, -0.2) is 18.1 Å². The van der Waals surface area contributed by atoms with E-state index >= 15 is 0 Å². The average molecular weight is 285 g/mol. The second kappa shape index (κ2) is 7.36. The molecule has 0 spiro atoms. The Morgan fingerprint density at radius 2 is 2.05 bits per heavy atom. The van der Waals surface area contributed by atoms with Crippen molar-refractivity contribution in [2.75, 3.05) is 0 Å². The van der Waals surface area contributed by atoms with E-state index in [9.17, 15) is 4.79 Å². The lowest BCUT2D eigenvalue weighted by Crippen LogP contribution is -2.33. The molecule has 0 radical (unpaired) electrons. The maximum atomic E-state index is 11.1. The number of hydrogen-bond acceptors (Lipinski definition) is 3. The van der Waals surface area contributed by atoms with E-state index in [-0.39, 0.29) is 6.04 Å². The molecule has 0 aliphatic rings. The first kappa shape index (κ1) is 15.8. The van der Waals surface area contributed by atoms with Crippen LogP contribution in [0.3, 0.4) is 0 Å². The molecule has 2 unspecified atom stereocenters. The third kappa shape index (κ3) is 4.73. The molecule has 0 aromatic heterocycles. The molecule has 4 N–H and O–H groups in total. The van der Waals surface area contributed by atoms with E-state index in [1.165, 1.54) is 0 Å². The lowest BCUT2D eigenvalue weighted by molar-refractivity contribution is -0.124. The SMILES string of the molecule is CCC(N)Cc1ccc(OC(CC)C(N)=O)c(Cl)c1. The predicted octanol–water partition coefficient (Wildman–Crippen LogP) is 2.26. The zero-order chi connectivity index (χ0) is 14.4. The molecule has 1 aromatic carbocycles. The molecule has 0 aliphatic heterocycles. The van der Waals surface area contributed by atoms with Gasteiger partial charge < -0.3 is 16.2 Å². The highest BCUT2D eigenvalue weighted by atomic mass is 35.5. The number of benzene rings is 1. The molecule has 0 bridgehead atoms. The van der Waals surface area contributed by atoms with Crippen molar-refractivity contribution in [3.05, 3.63) is 28.8 Å². The second-order valence-corrected chi connectivity index (χ2v) is 4.96. The summed E-state index contributed by atoms with van der Waals surface area (Å²) in [4.78, 5) is 11.1. The average Bonchev–Trinajstić information content (AvgIpc) is 2.37. The van der Waals surface area contributed by atoms with Gasteiger partial charge in [0.2, 0.25) is 0 Å². The van der Waals surface area contributed by atoms with E-state index in [1.54, 1.807) is 6.07 Å². The molecule has 0 saturated carbocycles. The summed E-state index contributed by atoms with van der Waals surface area (Å²) in [6.07, 6.45) is 1.54. The Labute approximate surface area is 119 Å². The fourth-order valence-corrected chi connectivity index (χ4v) is 1.96. The third-order valence-electron chi connectivity index (χ3n) is 2.98. The van der Waals surface area contributed by atoms with Gasteiger partial charge in [0.15, 0.2) is 6.10 Å². The van der Waals surface area contributed by atoms with Crippen molar-refractivity contribution in [1.82, 2.24) is 0 Å². The normalized spacial score (nSPS) is 13.9. The molecule has 1 aromatic rings. The van der Waals surface area contributed by atoms with Crippen LogP contribution in [0.2, 0.25) is 5.02 Å². The van der Waals surface area contributed by atoms with E-state index in [2.05, 4.69) is 0 Å². The molecule has 4 nitrogen and oxygen atoms in total. The maximum absolute atomic E-state index is 11.1. The van der Waals surface area contributed by atoms with Gasteiger partial charge in [0.05, 0.1) is 5.02 Å². The molecule has 0 saturated heterocycles. The molecule has 2 atom stereocenters. The number of amides is 1. The lowest BCUT2D eigenvalue weighted by atomic mass is 10.0. The summed E-state index contributed by atoms with van der Waals surface area (Å²) in [6.45, 7) is 3.88. The Kier molecular flexibility index (Phi) is 6.12. The predicted molar refractivity (Wildman–Crippen MR) is 77.3 cm³/mol. The molecule has 1 amide bonds. The molecule has 0 fully saturated rings. The second-order valence-electron chi connectivity index (χ2n) is 4.55. The van der Waals surface area contributed by atoms with Crippen LogP contribution < -0.4 is 16.2 Å². The van der Waals surface area contributed by atoms with Crippen molar-refractivity contribution < 1.29 is 9.53 Å². The van der Waals surface area contributed by atoms with Crippen LogP contribution in [-0.2, 0) is 11.2 Å². The summed E-state index contributed by atoms with van der Waals surface area (Å²) in [7, 11) is 0. The number of rotatable bonds is 7. The van der Waals surface area contributed by atoms with E-state index in [4.69, 9.17) is 27.8 Å². The van der Waals surface area contributed by atoms with Gasteiger partial charge in [-0.25, -0.2) is 0 Å². The van der Waals surface area contributed by atoms with Gasteiger partial charge >= 0.3 is 0 Å². The first-order chi connectivity index (χ1) is 8.97. The highest BCUT2D eigenvalue weighted by molar-refractivity contribution is 6.32. The molecule has 5 heteroatoms. The number of ether oxygens (including phenoxy) is 1. The van der Waals surface area contributed by atoms with E-state index < -0.39 is 12.0 Å². The fraction of sp³-hybridized carbons (Fsp3) is 0.500. The first-order valence-electron chi connectivity index (χ1n) is 6.47. The minimum Gasteiger partial charge on any atom is -0.479 e. The van der Waals surface area contributed by atoms with Gasteiger partial charge in [0.1, 0.15) is 5.75 Å². The Morgan fingerprint density at radius 1 is 1.37 bits per heavy atom. The van der Waals surface area contributed by atoms with Crippen LogP contribution in [0.1, 0.15) is 32.3 Å². The van der Waals surface area contributed by atoms with Crippen LogP contribution >= 0.6 is 11.6 Å². The Hall–Kier alpha value is -1.26. The monoisotopic (exact) mass is 284 g/mol. The number of hydrogen-bond donors (Lipinski definition) is 2. The summed E-state index contributed by atoms with van der Waals surface area (Å²) in [5.74, 6) is -0.0169. The van der Waals surface area contributed by atoms with Gasteiger partial charge in [-0.3, -0.25) is 4.79 Å². The smallest absolute Gasteiger partial charge is 0.258 e. The van der Waals surface area contributed by atoms with Gasteiger partial charge in [-0.15, -0.1) is 0 Å². The lowest BCUT2D eigenvalue weighted by Gasteiger charge is -2.16. The van der Waals surface area contributed by atoms with Crippen molar-refractivity contribution in [3.63, 3.8) is 0 Å². The van der Waals surface area contributed by atoms with Crippen LogP contribution in [0.25, 0.3) is 0 Å². The van der Waals surface area contributed by atoms with Crippen molar-refractivity contribution in [2.24, 2.45) is 11.5 Å². The van der Waals surface area contributed by atoms with Crippen LogP contribution in [0, 0.1) is 0 Å². The minimum atomic E-state index is -0.652. The van der Waals surface area contributed by atoms with Crippen molar-refractivity contribution in [1.29, 1.82) is 0 Å². The summed E-state index contributed by atoms with van der Waals surface area (Å²) in [6, 6.07) is 5.60. The molecular weight excluding hydrogens is 264 g/mol. The minimum absolute atomic E-state index is 0.122. The molecule has 1 rings (SSSR count). The Bertz CT molecular complexity index is 437. The molecule has 19 heavy (non-hydrogen) atoms. The van der Waals surface area contributed by atoms with Crippen molar-refractivity contribution in [2.45, 2.75) is 45.3 Å². The molecule has 0 aliphatic carbocycles. The summed E-state index contributed by atoms with van der Waals surface area (Å²) >= 11 is 6.14. The number of primary amides is 1. The Morgan fingerprint density at radius 3 is 2.53 bits per heavy atom. The number of nitrogens with two attached hydrogens (primary N) is 2.